The van der Waals surface area contributed by atoms with E-state index in [4.69, 9.17) is 11.4 Å². The zero-order valence-electron chi connectivity index (χ0n) is 5.86. The fourth-order valence-corrected chi connectivity index (χ4v) is 0.755. The summed E-state index contributed by atoms with van der Waals surface area (Å²) in [5, 5.41) is 6.49. The second-order valence-electron chi connectivity index (χ2n) is 1.93. The first-order valence-corrected chi connectivity index (χ1v) is 3.09. The topological polar surface area (TPSA) is 74.6 Å². The van der Waals surface area contributed by atoms with Gasteiger partial charge in [-0.1, -0.05) is 30.3 Å². The maximum Gasteiger partial charge on any atom is 0.199 e. The second kappa shape index (κ2) is 3.46. The molecule has 56 valence electrons. The Morgan fingerprint density at radius 2 is 1.91 bits per heavy atom. The van der Waals surface area contributed by atoms with Crippen molar-refractivity contribution in [1.82, 2.24) is 0 Å². The van der Waals surface area contributed by atoms with Crippen LogP contribution in [-0.2, 0) is 0 Å². The Bertz CT molecular complexity index is 265. The van der Waals surface area contributed by atoms with E-state index in [-0.39, 0.29) is 5.84 Å². The van der Waals surface area contributed by atoms with Gasteiger partial charge in [-0.15, -0.1) is 5.11 Å². The van der Waals surface area contributed by atoms with Gasteiger partial charge in [0, 0.05) is 5.56 Å². The fraction of sp³-hybridized carbons (Fsp3) is 0. The summed E-state index contributed by atoms with van der Waals surface area (Å²) in [5.74, 6) is 5.23. The van der Waals surface area contributed by atoms with Crippen LogP contribution in [0.3, 0.4) is 0 Å². The molecule has 0 unspecified atom stereocenters. The average Bonchev–Trinajstić information content (AvgIpc) is 2.09. The van der Waals surface area contributed by atoms with Crippen molar-refractivity contribution in [2.24, 2.45) is 16.1 Å². The molecule has 0 aromatic heterocycles. The average molecular weight is 148 g/mol. The van der Waals surface area contributed by atoms with Gasteiger partial charge in [0.05, 0.1) is 0 Å². The standard InChI is InChI=1S/C7H8N4/c8-10-7(11-9)6-4-2-1-3-5-6/h1-5,8H,9H2. The summed E-state index contributed by atoms with van der Waals surface area (Å²) in [4.78, 5) is 0. The molecular formula is C7H8N4. The summed E-state index contributed by atoms with van der Waals surface area (Å²) in [6.45, 7) is 0. The number of hydrazone groups is 1. The Morgan fingerprint density at radius 3 is 2.36 bits per heavy atom. The van der Waals surface area contributed by atoms with Gasteiger partial charge in [0.25, 0.3) is 0 Å². The SMILES string of the molecule is N=NC(=NN)c1ccccc1. The molecule has 0 atom stereocenters. The molecule has 1 aromatic carbocycles. The molecule has 0 saturated carbocycles. The third-order valence-corrected chi connectivity index (χ3v) is 1.26. The van der Waals surface area contributed by atoms with Crippen LogP contribution < -0.4 is 5.84 Å². The predicted octanol–water partition coefficient (Wildman–Crippen LogP) is 1.34. The van der Waals surface area contributed by atoms with Crippen LogP contribution in [0.1, 0.15) is 5.56 Å². The van der Waals surface area contributed by atoms with Crippen LogP contribution in [0.25, 0.3) is 0 Å². The Labute approximate surface area is 64.2 Å². The lowest BCUT2D eigenvalue weighted by Crippen LogP contribution is -1.98. The summed E-state index contributed by atoms with van der Waals surface area (Å²) < 4.78 is 0. The van der Waals surface area contributed by atoms with Gasteiger partial charge in [0.15, 0.2) is 5.84 Å². The normalized spacial score (nSPS) is 11.1. The monoisotopic (exact) mass is 148 g/mol. The summed E-state index contributed by atoms with van der Waals surface area (Å²) in [6.07, 6.45) is 0. The highest BCUT2D eigenvalue weighted by molar-refractivity contribution is 5.98. The van der Waals surface area contributed by atoms with Gasteiger partial charge in [0.1, 0.15) is 0 Å². The fourth-order valence-electron chi connectivity index (χ4n) is 0.755. The van der Waals surface area contributed by atoms with E-state index < -0.39 is 0 Å². The number of hydrogen-bond acceptors (Lipinski definition) is 3. The Morgan fingerprint density at radius 1 is 1.27 bits per heavy atom. The number of nitrogens with one attached hydrogen (secondary N) is 1. The summed E-state index contributed by atoms with van der Waals surface area (Å²) in [6, 6.07) is 9.15. The predicted molar refractivity (Wildman–Crippen MR) is 42.3 cm³/mol. The molecule has 4 heteroatoms. The van der Waals surface area contributed by atoms with E-state index >= 15 is 0 Å². The Kier molecular flexibility index (Phi) is 2.32. The van der Waals surface area contributed by atoms with Gasteiger partial charge in [0.2, 0.25) is 0 Å². The molecule has 1 rings (SSSR count). The lowest BCUT2D eigenvalue weighted by molar-refractivity contribution is 1.13. The molecular weight excluding hydrogens is 140 g/mol. The largest absolute Gasteiger partial charge is 0.321 e. The van der Waals surface area contributed by atoms with E-state index in [2.05, 4.69) is 10.2 Å². The highest BCUT2D eigenvalue weighted by Gasteiger charge is 1.97. The summed E-state index contributed by atoms with van der Waals surface area (Å²) >= 11 is 0. The van der Waals surface area contributed by atoms with E-state index in [0.717, 1.165) is 5.56 Å². The van der Waals surface area contributed by atoms with Crippen molar-refractivity contribution >= 4 is 5.84 Å². The maximum atomic E-state index is 6.71. The smallest absolute Gasteiger partial charge is 0.199 e. The number of amidine groups is 1. The molecule has 1 aromatic rings. The maximum absolute atomic E-state index is 6.71. The summed E-state index contributed by atoms with van der Waals surface area (Å²) in [7, 11) is 0. The van der Waals surface area contributed by atoms with Crippen molar-refractivity contribution in [2.75, 3.05) is 0 Å². The van der Waals surface area contributed by atoms with Crippen LogP contribution in [0.15, 0.2) is 40.5 Å². The molecule has 0 aliphatic carbocycles. The molecule has 0 amide bonds. The molecule has 0 heterocycles. The minimum Gasteiger partial charge on any atom is -0.321 e. The van der Waals surface area contributed by atoms with Gasteiger partial charge >= 0.3 is 0 Å². The minimum absolute atomic E-state index is 0.241. The first-order valence-electron chi connectivity index (χ1n) is 3.09. The van der Waals surface area contributed by atoms with Gasteiger partial charge in [-0.3, -0.25) is 0 Å². The number of rotatable bonds is 1. The first kappa shape index (κ1) is 7.40. The van der Waals surface area contributed by atoms with Gasteiger partial charge in [-0.2, -0.15) is 5.10 Å². The molecule has 0 radical (unpaired) electrons. The van der Waals surface area contributed by atoms with Crippen LogP contribution in [0.2, 0.25) is 0 Å². The molecule has 0 bridgehead atoms. The quantitative estimate of drug-likeness (QED) is 0.204. The Hall–Kier alpha value is -1.71. The Balaban J connectivity index is 3.01. The van der Waals surface area contributed by atoms with E-state index in [9.17, 15) is 0 Å². The number of nitrogens with two attached hydrogens (primary N) is 1. The van der Waals surface area contributed by atoms with Crippen molar-refractivity contribution in [3.63, 3.8) is 0 Å². The third kappa shape index (κ3) is 1.61. The van der Waals surface area contributed by atoms with Crippen LogP contribution >= 0.6 is 0 Å². The van der Waals surface area contributed by atoms with Crippen LogP contribution in [0.4, 0.5) is 0 Å². The highest BCUT2D eigenvalue weighted by atomic mass is 15.2. The minimum atomic E-state index is 0.241. The zero-order valence-corrected chi connectivity index (χ0v) is 5.86. The molecule has 0 saturated heterocycles. The van der Waals surface area contributed by atoms with Crippen LogP contribution in [0.5, 0.6) is 0 Å². The van der Waals surface area contributed by atoms with E-state index in [1.807, 2.05) is 18.2 Å². The van der Waals surface area contributed by atoms with Crippen LogP contribution in [-0.4, -0.2) is 5.84 Å². The zero-order chi connectivity index (χ0) is 8.10. The van der Waals surface area contributed by atoms with Gasteiger partial charge in [-0.25, -0.2) is 5.53 Å². The molecule has 0 fully saturated rings. The highest BCUT2D eigenvalue weighted by Crippen LogP contribution is 2.00. The first-order chi connectivity index (χ1) is 5.38. The number of hydrogen-bond donors (Lipinski definition) is 2. The van der Waals surface area contributed by atoms with Gasteiger partial charge < -0.3 is 5.84 Å². The van der Waals surface area contributed by atoms with Crippen molar-refractivity contribution in [1.29, 1.82) is 5.53 Å². The number of benzene rings is 1. The van der Waals surface area contributed by atoms with Crippen molar-refractivity contribution in [3.05, 3.63) is 35.9 Å². The molecule has 4 nitrogen and oxygen atoms in total. The molecule has 3 N–H and O–H groups in total. The van der Waals surface area contributed by atoms with Crippen LogP contribution in [0, 0.1) is 5.53 Å². The molecule has 0 spiro atoms. The molecule has 0 aliphatic rings. The van der Waals surface area contributed by atoms with E-state index in [1.54, 1.807) is 12.1 Å². The molecule has 0 aliphatic heterocycles. The van der Waals surface area contributed by atoms with Crippen molar-refractivity contribution in [3.8, 4) is 0 Å². The lowest BCUT2D eigenvalue weighted by Gasteiger charge is -1.94. The third-order valence-electron chi connectivity index (χ3n) is 1.26. The van der Waals surface area contributed by atoms with Crippen molar-refractivity contribution < 1.29 is 0 Å². The van der Waals surface area contributed by atoms with Gasteiger partial charge in [-0.05, 0) is 0 Å². The van der Waals surface area contributed by atoms with E-state index in [1.165, 1.54) is 0 Å². The lowest BCUT2D eigenvalue weighted by atomic mass is 10.2. The van der Waals surface area contributed by atoms with Crippen molar-refractivity contribution in [2.45, 2.75) is 0 Å². The molecule has 11 heavy (non-hydrogen) atoms. The number of nitrogens with zero attached hydrogens (tertiary/aromatic N) is 2. The second-order valence-corrected chi connectivity index (χ2v) is 1.93. The summed E-state index contributed by atoms with van der Waals surface area (Å²) in [5.41, 5.74) is 7.47. The van der Waals surface area contributed by atoms with E-state index in [0.29, 0.717) is 0 Å².